The number of aromatic nitrogens is 1. The summed E-state index contributed by atoms with van der Waals surface area (Å²) < 4.78 is 11.5. The van der Waals surface area contributed by atoms with Crippen LogP contribution in [0.5, 0.6) is 5.75 Å². The molecule has 2 saturated carbocycles. The van der Waals surface area contributed by atoms with Crippen LogP contribution in [-0.4, -0.2) is 51.3 Å². The van der Waals surface area contributed by atoms with E-state index in [1.165, 1.54) is 12.8 Å². The molecule has 2 aliphatic carbocycles. The molecule has 2 N–H and O–H groups in total. The average Bonchev–Trinajstić information content (AvgIpc) is 3.77. The number of nitrogens with zero attached hydrogens (tertiary/aromatic N) is 2. The normalized spacial score (nSPS) is 19.0. The number of aryl methyl sites for hydroxylation is 1. The Kier molecular flexibility index (Phi) is 8.50. The summed E-state index contributed by atoms with van der Waals surface area (Å²) in [4.78, 5) is 32.7. The predicted molar refractivity (Wildman–Crippen MR) is 159 cm³/mol. The molecule has 0 radical (unpaired) electrons. The summed E-state index contributed by atoms with van der Waals surface area (Å²) in [6.07, 6.45) is 6.41. The van der Waals surface area contributed by atoms with Crippen molar-refractivity contribution in [2.24, 2.45) is 5.92 Å². The minimum absolute atomic E-state index is 0.00194. The van der Waals surface area contributed by atoms with Gasteiger partial charge in [-0.25, -0.2) is 4.79 Å². The summed E-state index contributed by atoms with van der Waals surface area (Å²) >= 11 is 0. The summed E-state index contributed by atoms with van der Waals surface area (Å²) in [5.41, 5.74) is 3.22. The van der Waals surface area contributed by atoms with Gasteiger partial charge in [0.2, 0.25) is 0 Å². The second-order valence-corrected chi connectivity index (χ2v) is 12.5. The number of pyridine rings is 1. The van der Waals surface area contributed by atoms with Crippen molar-refractivity contribution in [1.82, 2.24) is 9.88 Å². The van der Waals surface area contributed by atoms with E-state index in [1.54, 1.807) is 23.2 Å². The molecular formula is C33H41N3O5. The zero-order valence-electron chi connectivity index (χ0n) is 24.5. The van der Waals surface area contributed by atoms with E-state index in [0.29, 0.717) is 36.6 Å². The van der Waals surface area contributed by atoms with Crippen LogP contribution in [0.3, 0.4) is 0 Å². The van der Waals surface area contributed by atoms with E-state index >= 15 is 0 Å². The van der Waals surface area contributed by atoms with Gasteiger partial charge >= 0.3 is 6.09 Å². The molecule has 3 aromatic rings. The molecule has 2 amide bonds. The number of ether oxygens (including phenoxy) is 2. The van der Waals surface area contributed by atoms with E-state index in [-0.39, 0.29) is 24.1 Å². The predicted octanol–water partition coefficient (Wildman–Crippen LogP) is 6.62. The number of anilines is 1. The molecule has 0 saturated heterocycles. The lowest BCUT2D eigenvalue weighted by atomic mass is 9.92. The Bertz CT molecular complexity index is 1390. The van der Waals surface area contributed by atoms with Gasteiger partial charge < -0.3 is 24.8 Å². The minimum Gasteiger partial charge on any atom is -0.493 e. The van der Waals surface area contributed by atoms with Crippen molar-refractivity contribution in [3.8, 4) is 5.75 Å². The molecule has 8 heteroatoms. The molecule has 2 aromatic carbocycles. The van der Waals surface area contributed by atoms with Gasteiger partial charge in [0, 0.05) is 28.9 Å². The quantitative estimate of drug-likeness (QED) is 0.321. The van der Waals surface area contributed by atoms with Gasteiger partial charge in [0.1, 0.15) is 11.4 Å². The lowest BCUT2D eigenvalue weighted by Gasteiger charge is -2.36. The number of nitrogens with one attached hydrogen (secondary N) is 1. The lowest BCUT2D eigenvalue weighted by Crippen LogP contribution is -2.45. The molecule has 218 valence electrons. The zero-order valence-corrected chi connectivity index (χ0v) is 24.5. The van der Waals surface area contributed by atoms with Gasteiger partial charge in [-0.2, -0.15) is 0 Å². The van der Waals surface area contributed by atoms with Gasteiger partial charge in [0.15, 0.2) is 0 Å². The molecule has 8 nitrogen and oxygen atoms in total. The highest BCUT2D eigenvalue weighted by molar-refractivity contribution is 6.06. The highest BCUT2D eigenvalue weighted by atomic mass is 16.6. The van der Waals surface area contributed by atoms with E-state index in [4.69, 9.17) is 14.5 Å². The number of aliphatic hydroxyl groups excluding tert-OH is 1. The van der Waals surface area contributed by atoms with E-state index in [1.807, 2.05) is 58.0 Å². The first-order valence-electron chi connectivity index (χ1n) is 14.7. The Morgan fingerprint density at radius 3 is 2.39 bits per heavy atom. The van der Waals surface area contributed by atoms with Crippen molar-refractivity contribution >= 4 is 28.6 Å². The fourth-order valence-corrected chi connectivity index (χ4v) is 5.24. The van der Waals surface area contributed by atoms with Crippen molar-refractivity contribution in [2.45, 2.75) is 90.5 Å². The third kappa shape index (κ3) is 7.55. The maximum atomic E-state index is 13.2. The standard InChI is InChI=1S/C33H41N3O5/c1-21-29(35-31(38)24-7-14-28(15-8-24)40-20-22-5-6-22)16-9-25-17-23(18-34-30(21)25)19-36(32(39)41-33(2,3)4)26-10-12-27(37)13-11-26/h7-9,14-18,22,26-27,37H,5-6,10-13,19-20H2,1-4H3,(H,35,38). The molecule has 2 fully saturated rings. The largest absolute Gasteiger partial charge is 0.493 e. The topological polar surface area (TPSA) is 101 Å². The first kappa shape index (κ1) is 28.9. The van der Waals surface area contributed by atoms with Crippen LogP contribution in [0.15, 0.2) is 48.7 Å². The third-order valence-electron chi connectivity index (χ3n) is 7.80. The molecule has 0 spiro atoms. The highest BCUT2D eigenvalue weighted by Crippen LogP contribution is 2.31. The van der Waals surface area contributed by atoms with Gasteiger partial charge in [-0.05, 0) is 120 Å². The number of fused-ring (bicyclic) bond motifs is 1. The fourth-order valence-electron chi connectivity index (χ4n) is 5.24. The van der Waals surface area contributed by atoms with E-state index < -0.39 is 5.60 Å². The maximum Gasteiger partial charge on any atom is 0.410 e. The number of aliphatic hydroxyl groups is 1. The Balaban J connectivity index is 1.29. The first-order chi connectivity index (χ1) is 19.6. The van der Waals surface area contributed by atoms with Gasteiger partial charge in [-0.15, -0.1) is 0 Å². The summed E-state index contributed by atoms with van der Waals surface area (Å²) in [6, 6.07) is 13.1. The summed E-state index contributed by atoms with van der Waals surface area (Å²) in [5.74, 6) is 1.26. The van der Waals surface area contributed by atoms with E-state index in [0.717, 1.165) is 47.2 Å². The van der Waals surface area contributed by atoms with Crippen LogP contribution in [0.4, 0.5) is 10.5 Å². The van der Waals surface area contributed by atoms with Crippen LogP contribution in [-0.2, 0) is 11.3 Å². The number of rotatable bonds is 8. The molecule has 1 heterocycles. The lowest BCUT2D eigenvalue weighted by molar-refractivity contribution is 0.00268. The van der Waals surface area contributed by atoms with Crippen molar-refractivity contribution in [2.75, 3.05) is 11.9 Å². The zero-order chi connectivity index (χ0) is 29.1. The van der Waals surface area contributed by atoms with Crippen LogP contribution in [0, 0.1) is 12.8 Å². The van der Waals surface area contributed by atoms with Gasteiger partial charge in [0.25, 0.3) is 5.91 Å². The average molecular weight is 560 g/mol. The molecule has 0 unspecified atom stereocenters. The highest BCUT2D eigenvalue weighted by Gasteiger charge is 2.31. The van der Waals surface area contributed by atoms with Gasteiger partial charge in [0.05, 0.1) is 24.8 Å². The Labute approximate surface area is 242 Å². The minimum atomic E-state index is -0.602. The summed E-state index contributed by atoms with van der Waals surface area (Å²) in [7, 11) is 0. The molecule has 5 rings (SSSR count). The second-order valence-electron chi connectivity index (χ2n) is 12.5. The van der Waals surface area contributed by atoms with Crippen molar-refractivity contribution < 1.29 is 24.2 Å². The van der Waals surface area contributed by atoms with E-state index in [2.05, 4.69) is 5.32 Å². The Morgan fingerprint density at radius 1 is 1.02 bits per heavy atom. The third-order valence-corrected chi connectivity index (χ3v) is 7.80. The van der Waals surface area contributed by atoms with Gasteiger partial charge in [-0.3, -0.25) is 9.78 Å². The number of amides is 2. The molecule has 0 aliphatic heterocycles. The number of carbonyl (C=O) groups is 2. The first-order valence-corrected chi connectivity index (χ1v) is 14.7. The van der Waals surface area contributed by atoms with Crippen LogP contribution < -0.4 is 10.1 Å². The summed E-state index contributed by atoms with van der Waals surface area (Å²) in [6.45, 7) is 8.65. The van der Waals surface area contributed by atoms with Crippen molar-refractivity contribution in [3.05, 3.63) is 65.4 Å². The number of hydrogen-bond acceptors (Lipinski definition) is 6. The molecule has 41 heavy (non-hydrogen) atoms. The van der Waals surface area contributed by atoms with Crippen LogP contribution in [0.25, 0.3) is 10.9 Å². The van der Waals surface area contributed by atoms with Crippen molar-refractivity contribution in [3.63, 3.8) is 0 Å². The molecular weight excluding hydrogens is 518 g/mol. The van der Waals surface area contributed by atoms with Crippen LogP contribution in [0.2, 0.25) is 0 Å². The van der Waals surface area contributed by atoms with E-state index in [9.17, 15) is 14.7 Å². The monoisotopic (exact) mass is 559 g/mol. The Hall–Kier alpha value is -3.65. The smallest absolute Gasteiger partial charge is 0.410 e. The van der Waals surface area contributed by atoms with Crippen LogP contribution in [0.1, 0.15) is 80.8 Å². The maximum absolute atomic E-state index is 13.2. The number of benzene rings is 2. The summed E-state index contributed by atoms with van der Waals surface area (Å²) in [5, 5.41) is 13.9. The molecule has 0 bridgehead atoms. The number of carbonyl (C=O) groups excluding carboxylic acids is 2. The molecule has 0 atom stereocenters. The van der Waals surface area contributed by atoms with Crippen molar-refractivity contribution in [1.29, 1.82) is 0 Å². The van der Waals surface area contributed by atoms with Crippen LogP contribution >= 0.6 is 0 Å². The molecule has 2 aliphatic rings. The fraction of sp³-hybridized carbons (Fsp3) is 0.485. The number of hydrogen-bond donors (Lipinski definition) is 2. The second kappa shape index (κ2) is 12.1. The SMILES string of the molecule is Cc1c(NC(=O)c2ccc(OCC3CC3)cc2)ccc2cc(CN(C(=O)OC(C)(C)C)C3CCC(O)CC3)cnc12. The Morgan fingerprint density at radius 2 is 1.73 bits per heavy atom. The van der Waals surface area contributed by atoms with Gasteiger partial charge in [-0.1, -0.05) is 6.07 Å². The molecule has 1 aromatic heterocycles.